The molecule has 8 heteroatoms. The topological polar surface area (TPSA) is 141 Å². The predicted molar refractivity (Wildman–Crippen MR) is 158 cm³/mol. The van der Waals surface area contributed by atoms with Crippen LogP contribution in [0.25, 0.3) is 0 Å². The lowest BCUT2D eigenvalue weighted by molar-refractivity contribution is 0.00428. The van der Waals surface area contributed by atoms with E-state index >= 15 is 0 Å². The minimum atomic E-state index is -0.710. The second-order valence-corrected chi connectivity index (χ2v) is 11.1. The highest BCUT2D eigenvalue weighted by atomic mass is 16.5. The van der Waals surface area contributed by atoms with Gasteiger partial charge in [0.25, 0.3) is 0 Å². The largest absolute Gasteiger partial charge is 0.504 e. The van der Waals surface area contributed by atoms with Gasteiger partial charge in [0.2, 0.25) is 0 Å². The molecule has 0 bridgehead atoms. The zero-order valence-corrected chi connectivity index (χ0v) is 23.9. The fourth-order valence-electron chi connectivity index (χ4n) is 5.21. The van der Waals surface area contributed by atoms with E-state index in [4.69, 9.17) is 10.5 Å². The van der Waals surface area contributed by atoms with Gasteiger partial charge in [0.1, 0.15) is 5.82 Å². The minimum Gasteiger partial charge on any atom is -0.504 e. The summed E-state index contributed by atoms with van der Waals surface area (Å²) in [5, 5.41) is 45.5. The van der Waals surface area contributed by atoms with Crippen molar-refractivity contribution in [3.05, 3.63) is 47.7 Å². The number of nitrogen functional groups attached to an aromatic ring is 1. The molecule has 1 heterocycles. The van der Waals surface area contributed by atoms with Crippen molar-refractivity contribution in [1.82, 2.24) is 10.3 Å². The van der Waals surface area contributed by atoms with Gasteiger partial charge in [0.15, 0.2) is 11.5 Å². The first kappa shape index (κ1) is 31.7. The van der Waals surface area contributed by atoms with Crippen molar-refractivity contribution in [3.63, 3.8) is 0 Å². The molecule has 0 amide bonds. The molecule has 1 aromatic carbocycles. The summed E-state index contributed by atoms with van der Waals surface area (Å²) in [5.74, 6) is 7.52. The lowest BCUT2D eigenvalue weighted by atomic mass is 9.84. The Balaban J connectivity index is 1.54. The van der Waals surface area contributed by atoms with Gasteiger partial charge in [0.05, 0.1) is 24.9 Å². The van der Waals surface area contributed by atoms with Gasteiger partial charge in [-0.25, -0.2) is 4.98 Å². The summed E-state index contributed by atoms with van der Waals surface area (Å²) in [6.07, 6.45) is 6.13. The van der Waals surface area contributed by atoms with Gasteiger partial charge < -0.3 is 36.2 Å². The summed E-state index contributed by atoms with van der Waals surface area (Å²) in [7, 11) is 0. The maximum absolute atomic E-state index is 11.1. The summed E-state index contributed by atoms with van der Waals surface area (Å²) in [4.78, 5) is 4.00. The van der Waals surface area contributed by atoms with E-state index < -0.39 is 18.3 Å². The van der Waals surface area contributed by atoms with Crippen molar-refractivity contribution < 1.29 is 25.2 Å². The van der Waals surface area contributed by atoms with E-state index in [-0.39, 0.29) is 23.6 Å². The second kappa shape index (κ2) is 16.4. The first-order valence-electron chi connectivity index (χ1n) is 14.7. The number of anilines is 1. The molecule has 1 aromatic heterocycles. The van der Waals surface area contributed by atoms with E-state index in [0.717, 1.165) is 43.2 Å². The van der Waals surface area contributed by atoms with Gasteiger partial charge >= 0.3 is 0 Å². The van der Waals surface area contributed by atoms with E-state index in [1.54, 1.807) is 19.2 Å². The van der Waals surface area contributed by atoms with E-state index in [9.17, 15) is 20.4 Å². The molecule has 0 saturated carbocycles. The number of pyridine rings is 1. The lowest BCUT2D eigenvalue weighted by Gasteiger charge is -2.30. The number of aliphatic hydroxyl groups excluding tert-OH is 3. The van der Waals surface area contributed by atoms with Crippen LogP contribution in [0.2, 0.25) is 0 Å². The number of nitrogens with one attached hydrogen (secondary N) is 1. The predicted octanol–water partition coefficient (Wildman–Crippen LogP) is 3.59. The molecule has 220 valence electrons. The Morgan fingerprint density at radius 3 is 2.70 bits per heavy atom. The summed E-state index contributed by atoms with van der Waals surface area (Å²) in [6, 6.07) is 9.22. The number of rotatable bonds is 13. The number of ether oxygens (including phenoxy) is 1. The SMILES string of the molecule is CCC1C#CCC(C(O)CCc2ccc(O)c(OCCCc3ccnc(N)c3)c2)C(O)CCC(NCC(C)O)C1. The van der Waals surface area contributed by atoms with Crippen LogP contribution in [0, 0.1) is 23.7 Å². The van der Waals surface area contributed by atoms with Crippen LogP contribution in [0.4, 0.5) is 5.82 Å². The van der Waals surface area contributed by atoms with Gasteiger partial charge in [-0.15, -0.1) is 5.92 Å². The average Bonchev–Trinajstić information content (AvgIpc) is 2.93. The fraction of sp³-hybridized carbons (Fsp3) is 0.594. The average molecular weight is 554 g/mol. The Bertz CT molecular complexity index is 1100. The summed E-state index contributed by atoms with van der Waals surface area (Å²) < 4.78 is 5.85. The van der Waals surface area contributed by atoms with Crippen LogP contribution in [0.15, 0.2) is 36.5 Å². The highest BCUT2D eigenvalue weighted by Gasteiger charge is 2.28. The summed E-state index contributed by atoms with van der Waals surface area (Å²) in [6.45, 7) is 4.84. The molecule has 0 radical (unpaired) electrons. The lowest BCUT2D eigenvalue weighted by Crippen LogP contribution is -2.38. The molecule has 0 aliphatic heterocycles. The van der Waals surface area contributed by atoms with Crippen LogP contribution in [-0.4, -0.2) is 62.9 Å². The molecule has 0 saturated heterocycles. The number of aromatic hydroxyl groups is 1. The molecule has 6 atom stereocenters. The number of phenols is 1. The van der Waals surface area contributed by atoms with E-state index in [1.165, 1.54) is 0 Å². The molecule has 6 unspecified atom stereocenters. The van der Waals surface area contributed by atoms with Crippen molar-refractivity contribution in [2.45, 2.75) is 96.0 Å². The number of aliphatic hydroxyl groups is 3. The Kier molecular flexibility index (Phi) is 13.0. The van der Waals surface area contributed by atoms with Crippen LogP contribution in [0.3, 0.4) is 0 Å². The molecular weight excluding hydrogens is 506 g/mol. The van der Waals surface area contributed by atoms with Crippen molar-refractivity contribution >= 4 is 5.82 Å². The van der Waals surface area contributed by atoms with Crippen molar-refractivity contribution in [2.24, 2.45) is 11.8 Å². The third-order valence-corrected chi connectivity index (χ3v) is 7.67. The molecule has 2 aromatic rings. The second-order valence-electron chi connectivity index (χ2n) is 11.1. The first-order chi connectivity index (χ1) is 19.2. The minimum absolute atomic E-state index is 0.0831. The van der Waals surface area contributed by atoms with Gasteiger partial charge in [0, 0.05) is 37.0 Å². The maximum atomic E-state index is 11.1. The maximum Gasteiger partial charge on any atom is 0.161 e. The Labute approximate surface area is 239 Å². The number of benzene rings is 1. The molecule has 0 spiro atoms. The number of nitrogens with two attached hydrogens (primary N) is 1. The normalized spacial score (nSPS) is 23.0. The van der Waals surface area contributed by atoms with Crippen LogP contribution < -0.4 is 15.8 Å². The number of aryl methyl sites for hydroxylation is 2. The zero-order valence-electron chi connectivity index (χ0n) is 23.9. The molecule has 1 aliphatic rings. The van der Waals surface area contributed by atoms with Gasteiger partial charge in [-0.1, -0.05) is 18.9 Å². The van der Waals surface area contributed by atoms with Crippen molar-refractivity contribution in [2.75, 3.05) is 18.9 Å². The molecule has 7 N–H and O–H groups in total. The van der Waals surface area contributed by atoms with E-state index in [2.05, 4.69) is 29.1 Å². The summed E-state index contributed by atoms with van der Waals surface area (Å²) in [5.41, 5.74) is 7.77. The zero-order chi connectivity index (χ0) is 28.9. The van der Waals surface area contributed by atoms with Gasteiger partial charge in [-0.2, -0.15) is 0 Å². The fourth-order valence-corrected chi connectivity index (χ4v) is 5.21. The van der Waals surface area contributed by atoms with E-state index in [1.807, 2.05) is 24.3 Å². The van der Waals surface area contributed by atoms with Gasteiger partial charge in [-0.05, 0) is 93.7 Å². The molecule has 40 heavy (non-hydrogen) atoms. The highest BCUT2D eigenvalue weighted by Crippen LogP contribution is 2.29. The third kappa shape index (κ3) is 10.6. The smallest absolute Gasteiger partial charge is 0.161 e. The standard InChI is InChI=1S/C32H47N3O5/c1-3-23-6-4-8-27(29(38)14-11-26(18-23)35-21-22(2)36)28(37)12-9-25-10-13-30(39)31(19-25)40-17-5-7-24-15-16-34-32(33)20-24/h10,13,15-16,19-20,22-23,26-29,35-39H,3,5,7-9,11-12,14,17-18,21H2,1-2H3,(H2,33,34). The summed E-state index contributed by atoms with van der Waals surface area (Å²) >= 11 is 0. The van der Waals surface area contributed by atoms with Gasteiger partial charge in [-0.3, -0.25) is 0 Å². The molecule has 8 nitrogen and oxygen atoms in total. The van der Waals surface area contributed by atoms with Crippen LogP contribution in [-0.2, 0) is 12.8 Å². The third-order valence-electron chi connectivity index (χ3n) is 7.67. The Hall–Kier alpha value is -2.83. The Morgan fingerprint density at radius 1 is 1.15 bits per heavy atom. The molecular formula is C32H47N3O5. The van der Waals surface area contributed by atoms with Crippen LogP contribution in [0.1, 0.15) is 69.9 Å². The highest BCUT2D eigenvalue weighted by molar-refractivity contribution is 5.42. The van der Waals surface area contributed by atoms with Crippen molar-refractivity contribution in [1.29, 1.82) is 0 Å². The monoisotopic (exact) mass is 553 g/mol. The number of hydrogen-bond donors (Lipinski definition) is 6. The Morgan fingerprint density at radius 2 is 1.95 bits per heavy atom. The number of nitrogens with zero attached hydrogens (tertiary/aromatic N) is 1. The number of phenolic OH excluding ortho intramolecular Hbond substituents is 1. The first-order valence-corrected chi connectivity index (χ1v) is 14.7. The van der Waals surface area contributed by atoms with Crippen LogP contribution in [0.5, 0.6) is 11.5 Å². The quantitative estimate of drug-likeness (QED) is 0.163. The van der Waals surface area contributed by atoms with E-state index in [0.29, 0.717) is 50.4 Å². The molecule has 3 rings (SSSR count). The molecule has 0 fully saturated rings. The number of hydrogen-bond acceptors (Lipinski definition) is 8. The van der Waals surface area contributed by atoms with Crippen molar-refractivity contribution in [3.8, 4) is 23.3 Å². The molecule has 1 aliphatic carbocycles. The number of aromatic nitrogens is 1. The van der Waals surface area contributed by atoms with Crippen LogP contribution >= 0.6 is 0 Å².